The number of amides is 1. The molecule has 0 unspecified atom stereocenters. The highest BCUT2D eigenvalue weighted by molar-refractivity contribution is 7.92. The normalized spacial score (nSPS) is 11.6. The first kappa shape index (κ1) is 23.7. The van der Waals surface area contributed by atoms with Crippen molar-refractivity contribution in [2.45, 2.75) is 32.6 Å². The van der Waals surface area contributed by atoms with Crippen molar-refractivity contribution < 1.29 is 17.7 Å². The maximum absolute atomic E-state index is 12.6. The lowest BCUT2D eigenvalue weighted by Crippen LogP contribution is -2.29. The average molecular weight is 500 g/mol. The Labute approximate surface area is 201 Å². The Bertz CT molecular complexity index is 1430. The highest BCUT2D eigenvalue weighted by atomic mass is 32.2. The van der Waals surface area contributed by atoms with Crippen LogP contribution in [0.4, 0.5) is 16.7 Å². The van der Waals surface area contributed by atoms with Crippen LogP contribution >= 0.6 is 11.3 Å². The molecule has 2 heterocycles. The van der Waals surface area contributed by atoms with Gasteiger partial charge in [-0.15, -0.1) is 0 Å². The van der Waals surface area contributed by atoms with Gasteiger partial charge in [0.15, 0.2) is 5.13 Å². The molecule has 9 nitrogen and oxygen atoms in total. The summed E-state index contributed by atoms with van der Waals surface area (Å²) in [6.07, 6.45) is 0. The number of carbonyl (C=O) groups is 1. The van der Waals surface area contributed by atoms with E-state index in [0.29, 0.717) is 16.9 Å². The first-order valence-corrected chi connectivity index (χ1v) is 12.8. The minimum Gasteiger partial charge on any atom is -0.342 e. The fraction of sp³-hybridized carbons (Fsp3) is 0.261. The highest BCUT2D eigenvalue weighted by Crippen LogP contribution is 2.32. The van der Waals surface area contributed by atoms with E-state index in [0.717, 1.165) is 26.5 Å². The minimum absolute atomic E-state index is 0.0382. The maximum atomic E-state index is 12.6. The lowest BCUT2D eigenvalue weighted by Gasteiger charge is -2.15. The Hall–Kier alpha value is -3.44. The number of aromatic nitrogens is 2. The molecule has 11 heteroatoms. The summed E-state index contributed by atoms with van der Waals surface area (Å²) in [6.45, 7) is 7.61. The van der Waals surface area contributed by atoms with Crippen LogP contribution in [0.15, 0.2) is 45.8 Å². The van der Waals surface area contributed by atoms with Crippen molar-refractivity contribution in [2.75, 3.05) is 28.5 Å². The SMILES string of the molecule is Cc1noc(NS(=O)(=O)c2ccc(NC(=O)CN(C)c3nc4c(C)ccc(C)c4s3)cc2)c1C. The van der Waals surface area contributed by atoms with Gasteiger partial charge in [0, 0.05) is 18.3 Å². The predicted octanol–water partition coefficient (Wildman–Crippen LogP) is 4.39. The molecule has 2 aromatic carbocycles. The Morgan fingerprint density at radius 3 is 2.35 bits per heavy atom. The lowest BCUT2D eigenvalue weighted by atomic mass is 10.1. The molecule has 4 aromatic rings. The standard InChI is InChI=1S/C23H25N5O4S2/c1-13-6-7-14(2)21-20(13)25-23(33-21)28(5)12-19(29)24-17-8-10-18(11-9-17)34(30,31)27-22-15(3)16(4)26-32-22/h6-11,27H,12H2,1-5H3,(H,24,29). The molecule has 0 aliphatic heterocycles. The van der Waals surface area contributed by atoms with Crippen LogP contribution in [-0.4, -0.2) is 38.1 Å². The molecule has 0 atom stereocenters. The van der Waals surface area contributed by atoms with Crippen LogP contribution in [0.25, 0.3) is 10.2 Å². The number of benzene rings is 2. The second kappa shape index (κ2) is 9.07. The Morgan fingerprint density at radius 2 is 1.74 bits per heavy atom. The maximum Gasteiger partial charge on any atom is 0.264 e. The molecule has 0 saturated heterocycles. The summed E-state index contributed by atoms with van der Waals surface area (Å²) < 4.78 is 33.8. The van der Waals surface area contributed by atoms with Crippen LogP contribution in [0.1, 0.15) is 22.4 Å². The molecule has 2 aromatic heterocycles. The zero-order chi connectivity index (χ0) is 24.6. The largest absolute Gasteiger partial charge is 0.342 e. The van der Waals surface area contributed by atoms with E-state index in [-0.39, 0.29) is 23.2 Å². The summed E-state index contributed by atoms with van der Waals surface area (Å²) in [5, 5.41) is 7.30. The molecule has 1 amide bonds. The van der Waals surface area contributed by atoms with Crippen molar-refractivity contribution in [3.05, 3.63) is 58.8 Å². The van der Waals surface area contributed by atoms with Crippen molar-refractivity contribution in [1.29, 1.82) is 0 Å². The molecule has 178 valence electrons. The van der Waals surface area contributed by atoms with Gasteiger partial charge in [0.1, 0.15) is 0 Å². The summed E-state index contributed by atoms with van der Waals surface area (Å²) >= 11 is 1.55. The summed E-state index contributed by atoms with van der Waals surface area (Å²) in [6, 6.07) is 10.0. The van der Waals surface area contributed by atoms with E-state index < -0.39 is 10.0 Å². The third-order valence-electron chi connectivity index (χ3n) is 5.47. The first-order valence-electron chi connectivity index (χ1n) is 10.5. The predicted molar refractivity (Wildman–Crippen MR) is 134 cm³/mol. The van der Waals surface area contributed by atoms with Crippen molar-refractivity contribution >= 4 is 54.2 Å². The zero-order valence-electron chi connectivity index (χ0n) is 19.5. The summed E-state index contributed by atoms with van der Waals surface area (Å²) in [5.74, 6) is -0.158. The number of hydrogen-bond acceptors (Lipinski definition) is 8. The average Bonchev–Trinajstić information content (AvgIpc) is 3.37. The van der Waals surface area contributed by atoms with Crippen molar-refractivity contribution in [3.8, 4) is 0 Å². The number of hydrogen-bond donors (Lipinski definition) is 2. The smallest absolute Gasteiger partial charge is 0.264 e. The summed E-state index contributed by atoms with van der Waals surface area (Å²) in [4.78, 5) is 19.1. The second-order valence-corrected chi connectivity index (χ2v) is 10.8. The molecular formula is C23H25N5O4S2. The van der Waals surface area contributed by atoms with Gasteiger partial charge in [-0.3, -0.25) is 4.79 Å². The van der Waals surface area contributed by atoms with Crippen molar-refractivity contribution in [3.63, 3.8) is 0 Å². The molecule has 34 heavy (non-hydrogen) atoms. The Balaban J connectivity index is 1.41. The molecule has 0 bridgehead atoms. The number of aryl methyl sites for hydroxylation is 3. The zero-order valence-corrected chi connectivity index (χ0v) is 21.1. The lowest BCUT2D eigenvalue weighted by molar-refractivity contribution is -0.114. The minimum atomic E-state index is -3.85. The first-order chi connectivity index (χ1) is 16.0. The fourth-order valence-corrected chi connectivity index (χ4v) is 5.42. The van der Waals surface area contributed by atoms with Crippen LogP contribution in [0.5, 0.6) is 0 Å². The quantitative estimate of drug-likeness (QED) is 0.387. The van der Waals surface area contributed by atoms with Crippen molar-refractivity contribution in [2.24, 2.45) is 0 Å². The van der Waals surface area contributed by atoms with Crippen LogP contribution in [0.3, 0.4) is 0 Å². The van der Waals surface area contributed by atoms with Gasteiger partial charge in [0.25, 0.3) is 10.0 Å². The third-order valence-corrected chi connectivity index (χ3v) is 8.12. The van der Waals surface area contributed by atoms with Gasteiger partial charge in [-0.25, -0.2) is 18.1 Å². The molecule has 0 spiro atoms. The Morgan fingerprint density at radius 1 is 1.06 bits per heavy atom. The van der Waals surface area contributed by atoms with Gasteiger partial charge in [0.2, 0.25) is 11.8 Å². The molecule has 2 N–H and O–H groups in total. The molecule has 0 fully saturated rings. The Kier molecular flexibility index (Phi) is 6.32. The van der Waals surface area contributed by atoms with E-state index in [1.165, 1.54) is 24.3 Å². The van der Waals surface area contributed by atoms with Gasteiger partial charge in [0.05, 0.1) is 27.4 Å². The number of likely N-dealkylation sites (N-methyl/N-ethyl adjacent to an activating group) is 1. The number of fused-ring (bicyclic) bond motifs is 1. The molecule has 4 rings (SSSR count). The number of thiazole rings is 1. The van der Waals surface area contributed by atoms with Gasteiger partial charge >= 0.3 is 0 Å². The fourth-order valence-electron chi connectivity index (χ4n) is 3.30. The molecule has 0 aliphatic carbocycles. The number of sulfonamides is 1. The highest BCUT2D eigenvalue weighted by Gasteiger charge is 2.19. The van der Waals surface area contributed by atoms with E-state index in [1.807, 2.05) is 27.0 Å². The van der Waals surface area contributed by atoms with Crippen LogP contribution < -0.4 is 14.9 Å². The second-order valence-electron chi connectivity index (χ2n) is 8.13. The van der Waals surface area contributed by atoms with Crippen LogP contribution in [-0.2, 0) is 14.8 Å². The molecule has 0 radical (unpaired) electrons. The topological polar surface area (TPSA) is 117 Å². The van der Waals surface area contributed by atoms with Crippen molar-refractivity contribution in [1.82, 2.24) is 10.1 Å². The van der Waals surface area contributed by atoms with E-state index >= 15 is 0 Å². The molecule has 0 aliphatic rings. The van der Waals surface area contributed by atoms with E-state index in [4.69, 9.17) is 9.51 Å². The van der Waals surface area contributed by atoms with E-state index in [2.05, 4.69) is 21.3 Å². The summed E-state index contributed by atoms with van der Waals surface area (Å²) in [5.41, 5.74) is 4.92. The molecular weight excluding hydrogens is 474 g/mol. The molecule has 0 saturated carbocycles. The third kappa shape index (κ3) is 4.75. The van der Waals surface area contributed by atoms with E-state index in [9.17, 15) is 13.2 Å². The van der Waals surface area contributed by atoms with Gasteiger partial charge in [-0.05, 0) is 63.1 Å². The summed E-state index contributed by atoms with van der Waals surface area (Å²) in [7, 11) is -2.04. The number of rotatable bonds is 7. The van der Waals surface area contributed by atoms with Gasteiger partial charge in [-0.1, -0.05) is 28.6 Å². The van der Waals surface area contributed by atoms with Crippen LogP contribution in [0, 0.1) is 27.7 Å². The monoisotopic (exact) mass is 499 g/mol. The number of nitrogens with zero attached hydrogens (tertiary/aromatic N) is 3. The van der Waals surface area contributed by atoms with Crippen LogP contribution in [0.2, 0.25) is 0 Å². The number of carbonyl (C=O) groups excluding carboxylic acids is 1. The van der Waals surface area contributed by atoms with E-state index in [1.54, 1.807) is 30.1 Å². The van der Waals surface area contributed by atoms with Gasteiger partial charge in [-0.2, -0.15) is 0 Å². The van der Waals surface area contributed by atoms with Gasteiger partial charge < -0.3 is 14.7 Å². The number of nitrogens with one attached hydrogen (secondary N) is 2. The number of anilines is 3.